The van der Waals surface area contributed by atoms with Crippen LogP contribution in [-0.4, -0.2) is 19.1 Å². The molecule has 28 heavy (non-hydrogen) atoms. The van der Waals surface area contributed by atoms with Gasteiger partial charge in [0.05, 0.1) is 6.54 Å². The first-order valence-electron chi connectivity index (χ1n) is 11.2. The molecule has 3 rings (SSSR count). The van der Waals surface area contributed by atoms with E-state index in [1.807, 2.05) is 0 Å². The molecule has 2 heteroatoms. The Kier molecular flexibility index (Phi) is 9.82. The highest BCUT2D eigenvalue weighted by molar-refractivity contribution is 5.34. The molecule has 3 atom stereocenters. The summed E-state index contributed by atoms with van der Waals surface area (Å²) >= 11 is 0. The second-order valence-corrected chi connectivity index (χ2v) is 8.83. The average Bonchev–Trinajstić information content (AvgIpc) is 3.10. The molecule has 0 aromatic heterocycles. The van der Waals surface area contributed by atoms with Crippen molar-refractivity contribution in [1.29, 1.82) is 0 Å². The molecule has 0 heterocycles. The minimum Gasteiger partial charge on any atom is -0.315 e. The lowest BCUT2D eigenvalue weighted by Gasteiger charge is -2.23. The molecule has 0 bridgehead atoms. The molecule has 2 aliphatic carbocycles. The van der Waals surface area contributed by atoms with Gasteiger partial charge in [-0.2, -0.15) is 0 Å². The molecule has 2 N–H and O–H groups in total. The zero-order valence-electron chi connectivity index (χ0n) is 18.4. The van der Waals surface area contributed by atoms with E-state index in [1.165, 1.54) is 49.7 Å². The third kappa shape index (κ3) is 7.46. The highest BCUT2D eigenvalue weighted by Crippen LogP contribution is 2.30. The van der Waals surface area contributed by atoms with Gasteiger partial charge in [0.1, 0.15) is 0 Å². The van der Waals surface area contributed by atoms with Gasteiger partial charge < -0.3 is 5.32 Å². The Balaban J connectivity index is 0.000000202. The van der Waals surface area contributed by atoms with Gasteiger partial charge in [0.25, 0.3) is 0 Å². The highest BCUT2D eigenvalue weighted by Gasteiger charge is 2.20. The molecular weight excluding hydrogens is 340 g/mol. The van der Waals surface area contributed by atoms with Crippen molar-refractivity contribution in [3.63, 3.8) is 0 Å². The second-order valence-electron chi connectivity index (χ2n) is 8.83. The molecule has 0 spiro atoms. The lowest BCUT2D eigenvalue weighted by molar-refractivity contribution is 0.457. The first-order chi connectivity index (χ1) is 13.5. The van der Waals surface area contributed by atoms with Gasteiger partial charge >= 0.3 is 0 Å². The molecule has 0 saturated carbocycles. The Morgan fingerprint density at radius 1 is 1.14 bits per heavy atom. The van der Waals surface area contributed by atoms with E-state index in [1.54, 1.807) is 5.57 Å². The Bertz CT molecular complexity index is 653. The standard InChI is InChI=1S/C14H27N.C12H13N/c1-11(2)15-10-9-13(4)14-7-5-12(3)6-8-14;1-2-9-13-12-8-7-10-5-3-4-6-11(10)12/h7,11-13,15H,5-6,8-10H2,1-4H3;1,3-6,12-13H,7-9H2/t12-,13?;12-/m01/s1. The molecule has 0 radical (unpaired) electrons. The summed E-state index contributed by atoms with van der Waals surface area (Å²) in [4.78, 5) is 0. The van der Waals surface area contributed by atoms with Gasteiger partial charge in [-0.15, -0.1) is 6.42 Å². The van der Waals surface area contributed by atoms with E-state index >= 15 is 0 Å². The lowest BCUT2D eigenvalue weighted by Crippen LogP contribution is -2.25. The van der Waals surface area contributed by atoms with Crippen LogP contribution in [0.1, 0.15) is 77.0 Å². The Hall–Kier alpha value is -1.56. The molecule has 2 aliphatic rings. The summed E-state index contributed by atoms with van der Waals surface area (Å²) in [7, 11) is 0. The van der Waals surface area contributed by atoms with E-state index in [0.29, 0.717) is 18.6 Å². The maximum Gasteiger partial charge on any atom is 0.0578 e. The van der Waals surface area contributed by atoms with Gasteiger partial charge in [-0.05, 0) is 68.0 Å². The van der Waals surface area contributed by atoms with E-state index < -0.39 is 0 Å². The van der Waals surface area contributed by atoms with Crippen molar-refractivity contribution in [1.82, 2.24) is 10.6 Å². The first kappa shape index (κ1) is 22.7. The number of terminal acetylenes is 1. The predicted molar refractivity (Wildman–Crippen MR) is 122 cm³/mol. The number of benzene rings is 1. The van der Waals surface area contributed by atoms with Crippen LogP contribution in [0.15, 0.2) is 35.9 Å². The predicted octanol–water partition coefficient (Wildman–Crippen LogP) is 5.65. The van der Waals surface area contributed by atoms with E-state index in [-0.39, 0.29) is 0 Å². The van der Waals surface area contributed by atoms with Gasteiger partial charge in [-0.25, -0.2) is 0 Å². The van der Waals surface area contributed by atoms with Crippen molar-refractivity contribution in [3.8, 4) is 12.3 Å². The quantitative estimate of drug-likeness (QED) is 0.471. The van der Waals surface area contributed by atoms with Crippen LogP contribution in [0.5, 0.6) is 0 Å². The number of nitrogens with one attached hydrogen (secondary N) is 2. The summed E-state index contributed by atoms with van der Waals surface area (Å²) in [6.45, 7) is 11.0. The van der Waals surface area contributed by atoms with Crippen LogP contribution in [0.25, 0.3) is 0 Å². The Labute approximate surface area is 173 Å². The second kappa shape index (κ2) is 12.1. The van der Waals surface area contributed by atoms with E-state index in [9.17, 15) is 0 Å². The van der Waals surface area contributed by atoms with Crippen LogP contribution in [-0.2, 0) is 6.42 Å². The third-order valence-electron chi connectivity index (χ3n) is 6.05. The van der Waals surface area contributed by atoms with Crippen molar-refractivity contribution in [2.24, 2.45) is 11.8 Å². The van der Waals surface area contributed by atoms with E-state index in [0.717, 1.165) is 18.4 Å². The molecule has 0 saturated heterocycles. The Morgan fingerprint density at radius 3 is 2.61 bits per heavy atom. The minimum atomic E-state index is 0.479. The average molecular weight is 381 g/mol. The van der Waals surface area contributed by atoms with E-state index in [4.69, 9.17) is 6.42 Å². The van der Waals surface area contributed by atoms with Crippen LogP contribution >= 0.6 is 0 Å². The summed E-state index contributed by atoms with van der Waals surface area (Å²) in [6.07, 6.45) is 15.4. The molecular formula is C26H40N2. The number of allylic oxidation sites excluding steroid dienone is 2. The largest absolute Gasteiger partial charge is 0.315 e. The fourth-order valence-corrected chi connectivity index (χ4v) is 4.16. The van der Waals surface area contributed by atoms with Crippen molar-refractivity contribution in [2.75, 3.05) is 13.1 Å². The summed E-state index contributed by atoms with van der Waals surface area (Å²) < 4.78 is 0. The van der Waals surface area contributed by atoms with Crippen molar-refractivity contribution in [3.05, 3.63) is 47.0 Å². The van der Waals surface area contributed by atoms with Crippen molar-refractivity contribution in [2.45, 2.75) is 78.3 Å². The minimum absolute atomic E-state index is 0.479. The highest BCUT2D eigenvalue weighted by atomic mass is 14.9. The summed E-state index contributed by atoms with van der Waals surface area (Å²) in [5.74, 6) is 4.31. The zero-order chi connectivity index (χ0) is 20.4. The van der Waals surface area contributed by atoms with Crippen LogP contribution in [0.2, 0.25) is 0 Å². The summed E-state index contributed by atoms with van der Waals surface area (Å²) in [5.41, 5.74) is 4.61. The van der Waals surface area contributed by atoms with Gasteiger partial charge in [0.2, 0.25) is 0 Å². The third-order valence-corrected chi connectivity index (χ3v) is 6.05. The smallest absolute Gasteiger partial charge is 0.0578 e. The normalized spacial score (nSPS) is 21.9. The molecule has 1 aromatic rings. The van der Waals surface area contributed by atoms with E-state index in [2.05, 4.69) is 74.6 Å². The lowest BCUT2D eigenvalue weighted by atomic mass is 9.84. The molecule has 1 unspecified atom stereocenters. The number of aryl methyl sites for hydroxylation is 1. The summed E-state index contributed by atoms with van der Waals surface area (Å²) in [6, 6.07) is 9.69. The number of fused-ring (bicyclic) bond motifs is 1. The molecule has 2 nitrogen and oxygen atoms in total. The fourth-order valence-electron chi connectivity index (χ4n) is 4.16. The van der Waals surface area contributed by atoms with Crippen molar-refractivity contribution >= 4 is 0 Å². The Morgan fingerprint density at radius 2 is 1.93 bits per heavy atom. The maximum atomic E-state index is 5.21. The SMILES string of the molecule is C#CCN[C@@H]1CCc2ccccc21.CC(C)NCCC(C)C1=CC[C@H](C)CC1. The van der Waals surface area contributed by atoms with Gasteiger partial charge in [0, 0.05) is 12.1 Å². The van der Waals surface area contributed by atoms with Crippen molar-refractivity contribution < 1.29 is 0 Å². The first-order valence-corrected chi connectivity index (χ1v) is 11.2. The monoisotopic (exact) mass is 380 g/mol. The van der Waals surface area contributed by atoms with Crippen LogP contribution in [0.3, 0.4) is 0 Å². The molecule has 1 aromatic carbocycles. The number of hydrogen-bond acceptors (Lipinski definition) is 2. The van der Waals surface area contributed by atoms with Gasteiger partial charge in [0.15, 0.2) is 0 Å². The van der Waals surface area contributed by atoms with Gasteiger partial charge in [-0.3, -0.25) is 5.32 Å². The molecule has 154 valence electrons. The topological polar surface area (TPSA) is 24.1 Å². The fraction of sp³-hybridized carbons (Fsp3) is 0.615. The maximum absolute atomic E-state index is 5.21. The van der Waals surface area contributed by atoms with Crippen LogP contribution < -0.4 is 10.6 Å². The van der Waals surface area contributed by atoms with Gasteiger partial charge in [-0.1, -0.05) is 69.5 Å². The van der Waals surface area contributed by atoms with Crippen LogP contribution in [0, 0.1) is 24.2 Å². The number of rotatable bonds is 7. The molecule has 0 aliphatic heterocycles. The molecule has 0 fully saturated rings. The molecule has 0 amide bonds. The number of hydrogen-bond donors (Lipinski definition) is 2. The van der Waals surface area contributed by atoms with Crippen LogP contribution in [0.4, 0.5) is 0 Å². The summed E-state index contributed by atoms with van der Waals surface area (Å²) in [5, 5.41) is 6.85. The zero-order valence-corrected chi connectivity index (χ0v) is 18.4.